The zero-order valence-corrected chi connectivity index (χ0v) is 8.08. The van der Waals surface area contributed by atoms with Gasteiger partial charge in [0, 0.05) is 17.3 Å². The normalized spacial score (nSPS) is 10.3. The van der Waals surface area contributed by atoms with E-state index < -0.39 is 0 Å². The zero-order chi connectivity index (χ0) is 9.97. The Morgan fingerprint density at radius 3 is 3.07 bits per heavy atom. The first-order valence-electron chi connectivity index (χ1n) is 4.06. The molecule has 0 aliphatic heterocycles. The molecule has 0 saturated heterocycles. The maximum atomic E-state index is 10.9. The first-order valence-corrected chi connectivity index (χ1v) is 4.94. The number of hydrogen-bond donors (Lipinski definition) is 1. The van der Waals surface area contributed by atoms with Crippen LogP contribution in [-0.2, 0) is 6.54 Å². The molecule has 0 spiro atoms. The molecule has 2 heterocycles. The van der Waals surface area contributed by atoms with E-state index in [-0.39, 0.29) is 4.87 Å². The number of aromatic nitrogens is 2. The van der Waals surface area contributed by atoms with Crippen LogP contribution in [-0.4, -0.2) is 15.8 Å². The Kier molecular flexibility index (Phi) is 2.32. The summed E-state index contributed by atoms with van der Waals surface area (Å²) in [5, 5.41) is 1.76. The van der Waals surface area contributed by atoms with Crippen molar-refractivity contribution in [2.45, 2.75) is 6.54 Å². The maximum absolute atomic E-state index is 10.9. The van der Waals surface area contributed by atoms with Crippen molar-refractivity contribution in [1.29, 1.82) is 0 Å². The molecule has 0 aliphatic rings. The number of rotatable bonds is 3. The number of hydrogen-bond acceptors (Lipinski definition) is 3. The molecule has 1 N–H and O–H groups in total. The minimum absolute atomic E-state index is 0.0696. The summed E-state index contributed by atoms with van der Waals surface area (Å²) in [6.45, 7) is 0.528. The highest BCUT2D eigenvalue weighted by molar-refractivity contribution is 7.07. The van der Waals surface area contributed by atoms with Crippen molar-refractivity contribution >= 4 is 17.6 Å². The number of aromatic amines is 1. The van der Waals surface area contributed by atoms with Crippen LogP contribution in [0.15, 0.2) is 28.5 Å². The van der Waals surface area contributed by atoms with Crippen molar-refractivity contribution in [3.05, 3.63) is 44.8 Å². The Hall–Kier alpha value is -1.62. The smallest absolute Gasteiger partial charge is 0.304 e. The van der Waals surface area contributed by atoms with Gasteiger partial charge < -0.3 is 9.55 Å². The SMILES string of the molecule is O=Cc1cccn1Cc1csc(=O)[nH]1. The molecule has 2 aromatic rings. The predicted octanol–water partition coefficient (Wildman–Crippen LogP) is 1.10. The van der Waals surface area contributed by atoms with Crippen molar-refractivity contribution < 1.29 is 4.79 Å². The number of nitrogens with zero attached hydrogens (tertiary/aromatic N) is 1. The third-order valence-corrected chi connectivity index (χ3v) is 2.62. The lowest BCUT2D eigenvalue weighted by Crippen LogP contribution is -2.04. The largest absolute Gasteiger partial charge is 0.339 e. The Balaban J connectivity index is 2.26. The second kappa shape index (κ2) is 3.63. The number of aldehydes is 1. The average molecular weight is 208 g/mol. The van der Waals surface area contributed by atoms with E-state index in [2.05, 4.69) is 4.98 Å². The van der Waals surface area contributed by atoms with E-state index in [9.17, 15) is 9.59 Å². The first kappa shape index (κ1) is 8.96. The molecule has 14 heavy (non-hydrogen) atoms. The van der Waals surface area contributed by atoms with E-state index in [1.54, 1.807) is 28.3 Å². The molecule has 0 unspecified atom stereocenters. The van der Waals surface area contributed by atoms with Crippen LogP contribution in [0.2, 0.25) is 0 Å². The van der Waals surface area contributed by atoms with Gasteiger partial charge in [0.05, 0.1) is 12.2 Å². The van der Waals surface area contributed by atoms with E-state index in [4.69, 9.17) is 0 Å². The highest BCUT2D eigenvalue weighted by Crippen LogP contribution is 2.04. The number of H-pyrrole nitrogens is 1. The summed E-state index contributed by atoms with van der Waals surface area (Å²) in [7, 11) is 0. The Bertz CT molecular complexity index is 495. The molecule has 0 saturated carbocycles. The van der Waals surface area contributed by atoms with Crippen LogP contribution < -0.4 is 4.87 Å². The number of nitrogens with one attached hydrogen (secondary N) is 1. The van der Waals surface area contributed by atoms with E-state index >= 15 is 0 Å². The van der Waals surface area contributed by atoms with Gasteiger partial charge in [-0.05, 0) is 12.1 Å². The van der Waals surface area contributed by atoms with E-state index in [0.717, 1.165) is 23.3 Å². The van der Waals surface area contributed by atoms with Gasteiger partial charge in [0.2, 0.25) is 0 Å². The Morgan fingerprint density at radius 1 is 1.57 bits per heavy atom. The fourth-order valence-electron chi connectivity index (χ4n) is 1.25. The molecule has 2 rings (SSSR count). The second-order valence-corrected chi connectivity index (χ2v) is 3.69. The molecule has 0 aromatic carbocycles. The third kappa shape index (κ3) is 1.67. The molecule has 4 nitrogen and oxygen atoms in total. The van der Waals surface area contributed by atoms with Crippen LogP contribution in [0.3, 0.4) is 0 Å². The minimum atomic E-state index is -0.0696. The number of carbonyl (C=O) groups excluding carboxylic acids is 1. The lowest BCUT2D eigenvalue weighted by molar-refractivity contribution is 0.111. The molecule has 0 atom stereocenters. The summed E-state index contributed by atoms with van der Waals surface area (Å²) >= 11 is 1.13. The average Bonchev–Trinajstić information content (AvgIpc) is 2.76. The zero-order valence-electron chi connectivity index (χ0n) is 7.27. The van der Waals surface area contributed by atoms with E-state index in [0.29, 0.717) is 12.2 Å². The summed E-state index contributed by atoms with van der Waals surface area (Å²) in [4.78, 5) is 24.1. The summed E-state index contributed by atoms with van der Waals surface area (Å²) in [5.74, 6) is 0. The van der Waals surface area contributed by atoms with Crippen molar-refractivity contribution in [3.63, 3.8) is 0 Å². The molecule has 72 valence electrons. The molecule has 0 amide bonds. The Morgan fingerprint density at radius 2 is 2.43 bits per heavy atom. The maximum Gasteiger partial charge on any atom is 0.304 e. The number of carbonyl (C=O) groups is 1. The van der Waals surface area contributed by atoms with Crippen LogP contribution in [0.4, 0.5) is 0 Å². The molecular formula is C9H8N2O2S. The second-order valence-electron chi connectivity index (χ2n) is 2.85. The van der Waals surface area contributed by atoms with Crippen LogP contribution in [0, 0.1) is 0 Å². The molecular weight excluding hydrogens is 200 g/mol. The van der Waals surface area contributed by atoms with Crippen molar-refractivity contribution in [3.8, 4) is 0 Å². The van der Waals surface area contributed by atoms with Crippen LogP contribution in [0.5, 0.6) is 0 Å². The molecule has 0 fully saturated rings. The summed E-state index contributed by atoms with van der Waals surface area (Å²) < 4.78 is 1.78. The minimum Gasteiger partial charge on any atom is -0.339 e. The highest BCUT2D eigenvalue weighted by atomic mass is 32.1. The van der Waals surface area contributed by atoms with Gasteiger partial charge in [-0.2, -0.15) is 0 Å². The summed E-state index contributed by atoms with van der Waals surface area (Å²) in [6, 6.07) is 3.53. The van der Waals surface area contributed by atoms with Gasteiger partial charge in [-0.3, -0.25) is 9.59 Å². The van der Waals surface area contributed by atoms with Gasteiger partial charge in [0.1, 0.15) is 0 Å². The fraction of sp³-hybridized carbons (Fsp3) is 0.111. The molecule has 5 heteroatoms. The van der Waals surface area contributed by atoms with Crippen LogP contribution >= 0.6 is 11.3 Å². The van der Waals surface area contributed by atoms with Gasteiger partial charge in [0.25, 0.3) is 0 Å². The standard InChI is InChI=1S/C9H8N2O2S/c12-5-8-2-1-3-11(8)4-7-6-14-9(13)10-7/h1-3,5-6H,4H2,(H,10,13). The van der Waals surface area contributed by atoms with Crippen molar-refractivity contribution in [1.82, 2.24) is 9.55 Å². The fourth-order valence-corrected chi connectivity index (χ4v) is 1.83. The summed E-state index contributed by atoms with van der Waals surface area (Å²) in [6.07, 6.45) is 2.60. The molecule has 0 aliphatic carbocycles. The lowest BCUT2D eigenvalue weighted by atomic mass is 10.4. The summed E-state index contributed by atoms with van der Waals surface area (Å²) in [5.41, 5.74) is 1.43. The van der Waals surface area contributed by atoms with E-state index in [1.807, 2.05) is 0 Å². The van der Waals surface area contributed by atoms with E-state index in [1.165, 1.54) is 0 Å². The van der Waals surface area contributed by atoms with Gasteiger partial charge in [-0.15, -0.1) is 0 Å². The third-order valence-electron chi connectivity index (χ3n) is 1.90. The lowest BCUT2D eigenvalue weighted by Gasteiger charge is -2.01. The topological polar surface area (TPSA) is 54.9 Å². The van der Waals surface area contributed by atoms with Crippen LogP contribution in [0.1, 0.15) is 16.2 Å². The van der Waals surface area contributed by atoms with Gasteiger partial charge in [0.15, 0.2) is 6.29 Å². The van der Waals surface area contributed by atoms with Crippen molar-refractivity contribution in [2.75, 3.05) is 0 Å². The predicted molar refractivity (Wildman–Crippen MR) is 53.9 cm³/mol. The first-order chi connectivity index (χ1) is 6.79. The van der Waals surface area contributed by atoms with Gasteiger partial charge in [-0.1, -0.05) is 11.3 Å². The van der Waals surface area contributed by atoms with Gasteiger partial charge in [-0.25, -0.2) is 0 Å². The highest BCUT2D eigenvalue weighted by Gasteiger charge is 2.01. The quantitative estimate of drug-likeness (QED) is 0.768. The molecule has 2 aromatic heterocycles. The molecule has 0 bridgehead atoms. The van der Waals surface area contributed by atoms with Crippen LogP contribution in [0.25, 0.3) is 0 Å². The Labute approximate surface area is 83.8 Å². The number of thiazole rings is 1. The van der Waals surface area contributed by atoms with Crippen molar-refractivity contribution in [2.24, 2.45) is 0 Å². The monoisotopic (exact) mass is 208 g/mol. The van der Waals surface area contributed by atoms with Gasteiger partial charge >= 0.3 is 4.87 Å². The molecule has 0 radical (unpaired) electrons.